The first kappa shape index (κ1) is 22.1. The van der Waals surface area contributed by atoms with Gasteiger partial charge in [-0.25, -0.2) is 0 Å². The molecule has 0 fully saturated rings. The monoisotopic (exact) mass is 398 g/mol. The number of carbonyl (C=O) groups is 1. The molecule has 0 heterocycles. The lowest BCUT2D eigenvalue weighted by Crippen LogP contribution is -2.48. The van der Waals surface area contributed by atoms with Gasteiger partial charge in [-0.3, -0.25) is 4.79 Å². The summed E-state index contributed by atoms with van der Waals surface area (Å²) in [5.74, 6) is 0.745. The molecule has 0 bridgehead atoms. The van der Waals surface area contributed by atoms with Crippen molar-refractivity contribution >= 4 is 29.9 Å². The van der Waals surface area contributed by atoms with Crippen molar-refractivity contribution < 1.29 is 14.3 Å². The van der Waals surface area contributed by atoms with Crippen LogP contribution < -0.4 is 20.5 Å². The molecule has 2 rings (SSSR count). The highest BCUT2D eigenvalue weighted by Crippen LogP contribution is 2.36. The molecular formula is C19H24Cl2N2O3. The molecule has 0 radical (unpaired) electrons. The smallest absolute Gasteiger partial charge is 0.244 e. The van der Waals surface area contributed by atoms with E-state index in [4.69, 9.17) is 26.8 Å². The van der Waals surface area contributed by atoms with E-state index in [2.05, 4.69) is 5.32 Å². The summed E-state index contributed by atoms with van der Waals surface area (Å²) < 4.78 is 10.8. The molecule has 2 aromatic carbocycles. The van der Waals surface area contributed by atoms with Gasteiger partial charge in [0.05, 0.1) is 18.7 Å². The van der Waals surface area contributed by atoms with Gasteiger partial charge >= 0.3 is 0 Å². The molecule has 1 atom stereocenters. The zero-order valence-electron chi connectivity index (χ0n) is 15.0. The van der Waals surface area contributed by atoms with E-state index in [-0.39, 0.29) is 24.9 Å². The zero-order chi connectivity index (χ0) is 18.4. The third kappa shape index (κ3) is 5.04. The predicted molar refractivity (Wildman–Crippen MR) is 106 cm³/mol. The zero-order valence-corrected chi connectivity index (χ0v) is 16.6. The van der Waals surface area contributed by atoms with Gasteiger partial charge in [-0.1, -0.05) is 41.9 Å². The van der Waals surface area contributed by atoms with Crippen molar-refractivity contribution in [2.45, 2.75) is 25.9 Å². The molecule has 0 aromatic heterocycles. The Bertz CT molecular complexity index is 737. The number of nitrogens with two attached hydrogens (primary N) is 1. The molecule has 142 valence electrons. The second-order valence-corrected chi connectivity index (χ2v) is 6.20. The minimum absolute atomic E-state index is 0. The summed E-state index contributed by atoms with van der Waals surface area (Å²) >= 11 is 6.25. The first-order valence-corrected chi connectivity index (χ1v) is 8.39. The molecule has 0 saturated heterocycles. The van der Waals surface area contributed by atoms with Crippen molar-refractivity contribution in [1.29, 1.82) is 0 Å². The van der Waals surface area contributed by atoms with E-state index >= 15 is 0 Å². The van der Waals surface area contributed by atoms with Gasteiger partial charge in [-0.15, -0.1) is 12.4 Å². The van der Waals surface area contributed by atoms with E-state index in [9.17, 15) is 4.79 Å². The first-order valence-electron chi connectivity index (χ1n) is 8.02. The van der Waals surface area contributed by atoms with Crippen LogP contribution in [-0.2, 0) is 16.9 Å². The summed E-state index contributed by atoms with van der Waals surface area (Å²) in [5.41, 5.74) is 6.63. The van der Waals surface area contributed by atoms with Crippen molar-refractivity contribution in [1.82, 2.24) is 5.32 Å². The van der Waals surface area contributed by atoms with Gasteiger partial charge in [0.1, 0.15) is 5.54 Å². The fourth-order valence-electron chi connectivity index (χ4n) is 2.44. The Hall–Kier alpha value is -1.95. The second-order valence-electron chi connectivity index (χ2n) is 5.79. The molecule has 26 heavy (non-hydrogen) atoms. The quantitative estimate of drug-likeness (QED) is 0.745. The van der Waals surface area contributed by atoms with Crippen molar-refractivity contribution in [2.75, 3.05) is 13.7 Å². The third-order valence-electron chi connectivity index (χ3n) is 3.88. The van der Waals surface area contributed by atoms with Crippen molar-refractivity contribution in [2.24, 2.45) is 5.73 Å². The number of ether oxygens (including phenoxy) is 2. The molecule has 0 aliphatic heterocycles. The van der Waals surface area contributed by atoms with E-state index in [1.54, 1.807) is 26.2 Å². The van der Waals surface area contributed by atoms with E-state index < -0.39 is 5.54 Å². The van der Waals surface area contributed by atoms with Crippen LogP contribution >= 0.6 is 24.0 Å². The van der Waals surface area contributed by atoms with Crippen LogP contribution in [-0.4, -0.2) is 19.6 Å². The average Bonchev–Trinajstić information content (AvgIpc) is 2.62. The summed E-state index contributed by atoms with van der Waals surface area (Å²) in [5, 5.41) is 3.28. The van der Waals surface area contributed by atoms with Gasteiger partial charge in [0, 0.05) is 6.54 Å². The molecule has 0 aliphatic carbocycles. The van der Waals surface area contributed by atoms with Crippen molar-refractivity contribution in [3.05, 3.63) is 58.6 Å². The maximum atomic E-state index is 12.5. The van der Waals surface area contributed by atoms with Gasteiger partial charge in [0.2, 0.25) is 5.91 Å². The SMILES string of the molecule is CCOc1c(Cl)cc(CNC(=O)C(C)(N)c2ccccc2)cc1OC.Cl. The summed E-state index contributed by atoms with van der Waals surface area (Å²) in [6, 6.07) is 12.8. The Labute approximate surface area is 165 Å². The van der Waals surface area contributed by atoms with Gasteiger partial charge in [-0.2, -0.15) is 0 Å². The van der Waals surface area contributed by atoms with Crippen LogP contribution in [0.15, 0.2) is 42.5 Å². The Morgan fingerprint density at radius 1 is 1.27 bits per heavy atom. The number of hydrogen-bond acceptors (Lipinski definition) is 4. The molecule has 0 aliphatic rings. The normalized spacial score (nSPS) is 12.5. The van der Waals surface area contributed by atoms with Gasteiger partial charge in [0.15, 0.2) is 11.5 Å². The molecule has 2 aromatic rings. The van der Waals surface area contributed by atoms with Crippen molar-refractivity contribution in [3.8, 4) is 11.5 Å². The summed E-state index contributed by atoms with van der Waals surface area (Å²) in [4.78, 5) is 12.5. The molecule has 0 spiro atoms. The standard InChI is InChI=1S/C19H23ClN2O3.ClH/c1-4-25-17-15(20)10-13(11-16(17)24-3)12-22-18(23)19(2,21)14-8-6-5-7-9-14;/h5-11H,4,12,21H2,1-3H3,(H,22,23);1H. The average molecular weight is 399 g/mol. The number of hydrogen-bond donors (Lipinski definition) is 2. The van der Waals surface area contributed by atoms with E-state index in [0.717, 1.165) is 11.1 Å². The van der Waals surface area contributed by atoms with E-state index in [0.29, 0.717) is 23.1 Å². The van der Waals surface area contributed by atoms with Crippen LogP contribution in [0.2, 0.25) is 5.02 Å². The summed E-state index contributed by atoms with van der Waals surface area (Å²) in [7, 11) is 1.54. The maximum Gasteiger partial charge on any atom is 0.244 e. The second kappa shape index (κ2) is 9.67. The molecule has 3 N–H and O–H groups in total. The predicted octanol–water partition coefficient (Wildman–Crippen LogP) is 3.66. The topological polar surface area (TPSA) is 73.6 Å². The molecule has 7 heteroatoms. The lowest BCUT2D eigenvalue weighted by atomic mass is 9.92. The van der Waals surface area contributed by atoms with Gasteiger partial charge in [0.25, 0.3) is 0 Å². The van der Waals surface area contributed by atoms with Crippen molar-refractivity contribution in [3.63, 3.8) is 0 Å². The van der Waals surface area contributed by atoms with E-state index in [1.165, 1.54) is 0 Å². The molecule has 5 nitrogen and oxygen atoms in total. The fraction of sp³-hybridized carbons (Fsp3) is 0.316. The number of nitrogens with one attached hydrogen (secondary N) is 1. The van der Waals surface area contributed by atoms with Crippen LogP contribution in [0.25, 0.3) is 0 Å². The summed E-state index contributed by atoms with van der Waals surface area (Å²) in [6.07, 6.45) is 0. The number of halogens is 2. The van der Waals surface area contributed by atoms with Crippen LogP contribution in [0.4, 0.5) is 0 Å². The van der Waals surface area contributed by atoms with E-state index in [1.807, 2.05) is 37.3 Å². The fourth-order valence-corrected chi connectivity index (χ4v) is 2.73. The minimum Gasteiger partial charge on any atom is -0.493 e. The minimum atomic E-state index is -1.12. The number of methoxy groups -OCH3 is 1. The van der Waals surface area contributed by atoms with Crippen LogP contribution in [0.1, 0.15) is 25.0 Å². The lowest BCUT2D eigenvalue weighted by molar-refractivity contribution is -0.126. The Kier molecular flexibility index (Phi) is 8.21. The number of benzene rings is 2. The first-order chi connectivity index (χ1) is 11.9. The summed E-state index contributed by atoms with van der Waals surface area (Å²) in [6.45, 7) is 4.31. The molecule has 1 amide bonds. The van der Waals surface area contributed by atoms with Crippen LogP contribution in [0.5, 0.6) is 11.5 Å². The number of carbonyl (C=O) groups excluding carboxylic acids is 1. The Morgan fingerprint density at radius 3 is 2.50 bits per heavy atom. The highest BCUT2D eigenvalue weighted by atomic mass is 35.5. The Morgan fingerprint density at radius 2 is 1.92 bits per heavy atom. The van der Waals surface area contributed by atoms with Gasteiger partial charge in [-0.05, 0) is 37.1 Å². The number of rotatable bonds is 7. The molecular weight excluding hydrogens is 375 g/mol. The lowest BCUT2D eigenvalue weighted by Gasteiger charge is -2.24. The largest absolute Gasteiger partial charge is 0.493 e. The maximum absolute atomic E-state index is 12.5. The molecule has 0 saturated carbocycles. The van der Waals surface area contributed by atoms with Crippen LogP contribution in [0, 0.1) is 0 Å². The van der Waals surface area contributed by atoms with Gasteiger partial charge < -0.3 is 20.5 Å². The molecule has 1 unspecified atom stereocenters. The highest BCUT2D eigenvalue weighted by Gasteiger charge is 2.30. The Balaban J connectivity index is 0.00000338. The highest BCUT2D eigenvalue weighted by molar-refractivity contribution is 6.32. The third-order valence-corrected chi connectivity index (χ3v) is 4.16. The number of amides is 1. The van der Waals surface area contributed by atoms with Crippen LogP contribution in [0.3, 0.4) is 0 Å².